The normalized spacial score (nSPS) is 22.9. The minimum absolute atomic E-state index is 0.203. The van der Waals surface area contributed by atoms with Gasteiger partial charge in [0.25, 0.3) is 0 Å². The summed E-state index contributed by atoms with van der Waals surface area (Å²) in [5, 5.41) is 6.71. The fraction of sp³-hybridized carbons (Fsp3) is 0.750. The molecule has 8 heteroatoms. The molecule has 1 unspecified atom stereocenters. The second-order valence-corrected chi connectivity index (χ2v) is 9.00. The molecule has 3 heterocycles. The highest BCUT2D eigenvalue weighted by atomic mass is 32.2. The molecule has 0 radical (unpaired) electrons. The lowest BCUT2D eigenvalue weighted by atomic mass is 9.93. The van der Waals surface area contributed by atoms with Gasteiger partial charge in [-0.15, -0.1) is 0 Å². The van der Waals surface area contributed by atoms with Crippen LogP contribution >= 0.6 is 0 Å². The summed E-state index contributed by atoms with van der Waals surface area (Å²) in [5.41, 5.74) is 0.663. The summed E-state index contributed by atoms with van der Waals surface area (Å²) in [6.07, 6.45) is 7.55. The first-order valence-electron chi connectivity index (χ1n) is 8.66. The molecule has 1 aromatic heterocycles. The maximum atomic E-state index is 12.5. The zero-order valence-electron chi connectivity index (χ0n) is 14.2. The summed E-state index contributed by atoms with van der Waals surface area (Å²) in [7, 11) is -3.27. The number of hydrogen-bond donors (Lipinski definition) is 1. The zero-order chi connectivity index (χ0) is 17.2. The molecule has 2 fully saturated rings. The molecule has 1 aromatic rings. The van der Waals surface area contributed by atoms with Gasteiger partial charge in [0.1, 0.15) is 4.90 Å². The lowest BCUT2D eigenvalue weighted by Gasteiger charge is -2.33. The maximum absolute atomic E-state index is 12.5. The molecule has 2 saturated heterocycles. The van der Waals surface area contributed by atoms with Crippen LogP contribution < -0.4 is 0 Å². The Bertz CT molecular complexity index is 679. The molecule has 0 aliphatic carbocycles. The van der Waals surface area contributed by atoms with Gasteiger partial charge in [-0.1, -0.05) is 0 Å². The predicted molar refractivity (Wildman–Crippen MR) is 90.4 cm³/mol. The van der Waals surface area contributed by atoms with Crippen LogP contribution in [0.1, 0.15) is 31.4 Å². The van der Waals surface area contributed by atoms with Crippen LogP contribution in [0, 0.1) is 5.92 Å². The first-order valence-corrected chi connectivity index (χ1v) is 10.5. The van der Waals surface area contributed by atoms with Crippen molar-refractivity contribution in [3.05, 3.63) is 11.9 Å². The van der Waals surface area contributed by atoms with Crippen molar-refractivity contribution >= 4 is 15.7 Å². The van der Waals surface area contributed by atoms with E-state index in [1.165, 1.54) is 25.3 Å². The minimum Gasteiger partial charge on any atom is -0.341 e. The molecular formula is C16H26N4O3S. The van der Waals surface area contributed by atoms with Gasteiger partial charge >= 0.3 is 0 Å². The fourth-order valence-electron chi connectivity index (χ4n) is 3.75. The molecule has 0 spiro atoms. The van der Waals surface area contributed by atoms with Crippen molar-refractivity contribution < 1.29 is 13.2 Å². The lowest BCUT2D eigenvalue weighted by molar-refractivity contribution is -0.134. The molecule has 0 saturated carbocycles. The van der Waals surface area contributed by atoms with E-state index in [1.807, 2.05) is 4.90 Å². The largest absolute Gasteiger partial charge is 0.341 e. The number of sulfone groups is 1. The smallest absolute Gasteiger partial charge is 0.236 e. The molecular weight excluding hydrogens is 328 g/mol. The van der Waals surface area contributed by atoms with Crippen LogP contribution in [0.2, 0.25) is 0 Å². The molecule has 0 aromatic carbocycles. The minimum atomic E-state index is -3.27. The van der Waals surface area contributed by atoms with Crippen molar-refractivity contribution in [2.45, 2.75) is 37.0 Å². The lowest BCUT2D eigenvalue weighted by Crippen LogP contribution is -2.45. The van der Waals surface area contributed by atoms with Gasteiger partial charge in [0.15, 0.2) is 9.84 Å². The first-order chi connectivity index (χ1) is 11.4. The summed E-state index contributed by atoms with van der Waals surface area (Å²) in [4.78, 5) is 16.9. The van der Waals surface area contributed by atoms with Crippen molar-refractivity contribution in [3.8, 4) is 0 Å². The Labute approximate surface area is 143 Å². The van der Waals surface area contributed by atoms with Gasteiger partial charge in [0.2, 0.25) is 5.91 Å². The second-order valence-electron chi connectivity index (χ2n) is 7.02. The molecule has 7 nitrogen and oxygen atoms in total. The topological polar surface area (TPSA) is 86.4 Å². The van der Waals surface area contributed by atoms with Crippen LogP contribution in [-0.2, 0) is 21.1 Å². The number of hydrogen-bond acceptors (Lipinski definition) is 5. The Morgan fingerprint density at radius 1 is 1.29 bits per heavy atom. The highest BCUT2D eigenvalue weighted by Crippen LogP contribution is 2.23. The Balaban J connectivity index is 1.59. The van der Waals surface area contributed by atoms with Crippen LogP contribution in [0.4, 0.5) is 0 Å². The van der Waals surface area contributed by atoms with Crippen molar-refractivity contribution in [2.75, 3.05) is 39.0 Å². The van der Waals surface area contributed by atoms with Gasteiger partial charge < -0.3 is 4.90 Å². The molecule has 134 valence electrons. The summed E-state index contributed by atoms with van der Waals surface area (Å²) in [6.45, 7) is 4.08. The van der Waals surface area contributed by atoms with E-state index in [0.717, 1.165) is 32.5 Å². The summed E-state index contributed by atoms with van der Waals surface area (Å²) >= 11 is 0. The highest BCUT2D eigenvalue weighted by molar-refractivity contribution is 7.90. The number of carbonyl (C=O) groups is 1. The van der Waals surface area contributed by atoms with Crippen molar-refractivity contribution in [1.29, 1.82) is 0 Å². The number of aromatic nitrogens is 2. The van der Waals surface area contributed by atoms with Crippen LogP contribution in [0.15, 0.2) is 11.1 Å². The monoisotopic (exact) mass is 354 g/mol. The number of carbonyl (C=O) groups excluding carboxylic acids is 1. The van der Waals surface area contributed by atoms with Gasteiger partial charge in [-0.2, -0.15) is 5.10 Å². The maximum Gasteiger partial charge on any atom is 0.236 e. The van der Waals surface area contributed by atoms with Crippen LogP contribution in [0.5, 0.6) is 0 Å². The van der Waals surface area contributed by atoms with E-state index >= 15 is 0 Å². The Morgan fingerprint density at radius 2 is 2.04 bits per heavy atom. The van der Waals surface area contributed by atoms with E-state index in [-0.39, 0.29) is 16.7 Å². The number of nitrogens with zero attached hydrogens (tertiary/aromatic N) is 3. The van der Waals surface area contributed by atoms with Gasteiger partial charge in [-0.05, 0) is 51.1 Å². The molecule has 0 bridgehead atoms. The number of nitrogens with one attached hydrogen (secondary N) is 1. The Hall–Kier alpha value is -1.41. The van der Waals surface area contributed by atoms with E-state index in [2.05, 4.69) is 15.1 Å². The number of piperidine rings is 1. The third kappa shape index (κ3) is 4.16. The van der Waals surface area contributed by atoms with E-state index in [1.54, 1.807) is 0 Å². The summed E-state index contributed by atoms with van der Waals surface area (Å²) in [6, 6.07) is 0. The van der Waals surface area contributed by atoms with Gasteiger partial charge in [-0.25, -0.2) is 8.42 Å². The summed E-state index contributed by atoms with van der Waals surface area (Å²) < 4.78 is 23.6. The standard InChI is InChI=1S/C16H26N4O3S/c1-24(22,23)15-10-17-18-14(15)9-13-5-4-8-20(11-13)16(21)12-19-6-2-3-7-19/h10,13H,2-9,11-12H2,1H3,(H,17,18). The molecule has 1 N–H and O–H groups in total. The van der Waals surface area contributed by atoms with Crippen molar-refractivity contribution in [2.24, 2.45) is 5.92 Å². The zero-order valence-corrected chi connectivity index (χ0v) is 15.0. The SMILES string of the molecule is CS(=O)(=O)c1cn[nH]c1CC1CCCN(C(=O)CN2CCCC2)C1. The number of rotatable bonds is 5. The Morgan fingerprint density at radius 3 is 2.75 bits per heavy atom. The van der Waals surface area contributed by atoms with Crippen molar-refractivity contribution in [3.63, 3.8) is 0 Å². The van der Waals surface area contributed by atoms with Crippen LogP contribution in [0.25, 0.3) is 0 Å². The molecule has 2 aliphatic rings. The first kappa shape index (κ1) is 17.4. The van der Waals surface area contributed by atoms with Crippen LogP contribution in [-0.4, -0.2) is 73.3 Å². The molecule has 1 amide bonds. The predicted octanol–water partition coefficient (Wildman–Crippen LogP) is 0.690. The average Bonchev–Trinajstić information content (AvgIpc) is 3.18. The number of H-pyrrole nitrogens is 1. The average molecular weight is 354 g/mol. The van der Waals surface area contributed by atoms with Crippen molar-refractivity contribution in [1.82, 2.24) is 20.0 Å². The van der Waals surface area contributed by atoms with Crippen LogP contribution in [0.3, 0.4) is 0 Å². The third-order valence-electron chi connectivity index (χ3n) is 5.00. The van der Waals surface area contributed by atoms with E-state index < -0.39 is 9.84 Å². The number of amides is 1. The molecule has 2 aliphatic heterocycles. The van der Waals surface area contributed by atoms with Gasteiger partial charge in [0, 0.05) is 19.3 Å². The second kappa shape index (κ2) is 7.23. The van der Waals surface area contributed by atoms with E-state index in [9.17, 15) is 13.2 Å². The third-order valence-corrected chi connectivity index (χ3v) is 6.15. The molecule has 24 heavy (non-hydrogen) atoms. The number of likely N-dealkylation sites (tertiary alicyclic amines) is 2. The van der Waals surface area contributed by atoms with E-state index in [4.69, 9.17) is 0 Å². The number of aromatic amines is 1. The van der Waals surface area contributed by atoms with Gasteiger partial charge in [0.05, 0.1) is 18.4 Å². The molecule has 1 atom stereocenters. The quantitative estimate of drug-likeness (QED) is 0.841. The highest BCUT2D eigenvalue weighted by Gasteiger charge is 2.27. The van der Waals surface area contributed by atoms with Gasteiger partial charge in [-0.3, -0.25) is 14.8 Å². The Kier molecular flexibility index (Phi) is 5.24. The fourth-order valence-corrected chi connectivity index (χ4v) is 4.57. The summed E-state index contributed by atoms with van der Waals surface area (Å²) in [5.74, 6) is 0.483. The molecule has 3 rings (SSSR count). The van der Waals surface area contributed by atoms with E-state index in [0.29, 0.717) is 25.2 Å².